The summed E-state index contributed by atoms with van der Waals surface area (Å²) in [6.45, 7) is 1.79. The molecule has 1 heterocycles. The highest BCUT2D eigenvalue weighted by Crippen LogP contribution is 2.06. The van der Waals surface area contributed by atoms with Crippen molar-refractivity contribution in [1.82, 2.24) is 9.80 Å². The number of likely N-dealkylation sites (N-methyl/N-ethyl adjacent to an activating group) is 1. The quantitative estimate of drug-likeness (QED) is 0.672. The number of esters is 1. The minimum absolute atomic E-state index is 0.170. The third-order valence-electron chi connectivity index (χ3n) is 2.55. The van der Waals surface area contributed by atoms with Crippen LogP contribution in [0.1, 0.15) is 0 Å². The van der Waals surface area contributed by atoms with Crippen LogP contribution in [-0.4, -0.2) is 80.0 Å². The maximum atomic E-state index is 11.0. The van der Waals surface area contributed by atoms with E-state index >= 15 is 0 Å². The first-order valence-electron chi connectivity index (χ1n) is 5.37. The topological polar surface area (TPSA) is 79.3 Å². The van der Waals surface area contributed by atoms with E-state index in [9.17, 15) is 9.59 Å². The predicted octanol–water partition coefficient (Wildman–Crippen LogP) is -0.530. The molecule has 98 valence electrons. The van der Waals surface area contributed by atoms with Crippen molar-refractivity contribution < 1.29 is 24.2 Å². The van der Waals surface area contributed by atoms with Crippen molar-refractivity contribution in [2.24, 2.45) is 0 Å². The van der Waals surface area contributed by atoms with Crippen molar-refractivity contribution in [3.8, 4) is 0 Å². The monoisotopic (exact) mass is 246 g/mol. The predicted molar refractivity (Wildman–Crippen MR) is 58.9 cm³/mol. The zero-order valence-electron chi connectivity index (χ0n) is 10.1. The normalized spacial score (nSPS) is 20.4. The van der Waals surface area contributed by atoms with Gasteiger partial charge < -0.3 is 19.5 Å². The van der Waals surface area contributed by atoms with Gasteiger partial charge in [0.05, 0.1) is 32.9 Å². The molecule has 1 saturated heterocycles. The lowest BCUT2D eigenvalue weighted by molar-refractivity contribution is -0.142. The largest absolute Gasteiger partial charge is 0.468 e. The molecular formula is C10H18N2O5. The molecule has 7 nitrogen and oxygen atoms in total. The van der Waals surface area contributed by atoms with Gasteiger partial charge in [-0.3, -0.25) is 9.69 Å². The Hall–Kier alpha value is -1.34. The number of nitrogens with zero attached hydrogens (tertiary/aromatic N) is 2. The average Bonchev–Trinajstić information content (AvgIpc) is 2.28. The molecule has 7 heteroatoms. The summed E-state index contributed by atoms with van der Waals surface area (Å²) in [6, 6.07) is 0. The van der Waals surface area contributed by atoms with Gasteiger partial charge in [-0.05, 0) is 7.05 Å². The van der Waals surface area contributed by atoms with E-state index in [0.717, 1.165) is 0 Å². The fourth-order valence-corrected chi connectivity index (χ4v) is 1.70. The summed E-state index contributed by atoms with van der Waals surface area (Å²) in [4.78, 5) is 24.9. The number of rotatable bonds is 4. The summed E-state index contributed by atoms with van der Waals surface area (Å²) in [5.41, 5.74) is 0. The highest BCUT2D eigenvalue weighted by molar-refractivity contribution is 5.71. The molecule has 0 bridgehead atoms. The molecule has 0 saturated carbocycles. The summed E-state index contributed by atoms with van der Waals surface area (Å²) in [5.74, 6) is -0.321. The lowest BCUT2D eigenvalue weighted by atomic mass is 10.2. The molecule has 0 spiro atoms. The molecule has 17 heavy (non-hydrogen) atoms. The lowest BCUT2D eigenvalue weighted by Gasteiger charge is -2.32. The Balaban J connectivity index is 2.35. The highest BCUT2D eigenvalue weighted by Gasteiger charge is 2.25. The van der Waals surface area contributed by atoms with Crippen LogP contribution in [0.25, 0.3) is 0 Å². The molecule has 1 N–H and O–H groups in total. The summed E-state index contributed by atoms with van der Waals surface area (Å²) in [7, 11) is 3.10. The fourth-order valence-electron chi connectivity index (χ4n) is 1.70. The number of amides is 1. The summed E-state index contributed by atoms with van der Waals surface area (Å²) >= 11 is 0. The van der Waals surface area contributed by atoms with Gasteiger partial charge in [-0.15, -0.1) is 0 Å². The van der Waals surface area contributed by atoms with Crippen molar-refractivity contribution in [1.29, 1.82) is 0 Å². The third kappa shape index (κ3) is 4.58. The molecule has 0 aromatic heterocycles. The Bertz CT molecular complexity index is 284. The molecule has 0 radical (unpaired) electrons. The van der Waals surface area contributed by atoms with Crippen molar-refractivity contribution in [2.45, 2.75) is 6.10 Å². The van der Waals surface area contributed by atoms with E-state index in [4.69, 9.17) is 9.84 Å². The Morgan fingerprint density at radius 3 is 2.88 bits per heavy atom. The van der Waals surface area contributed by atoms with Gasteiger partial charge in [-0.25, -0.2) is 4.79 Å². The van der Waals surface area contributed by atoms with Crippen LogP contribution in [0.4, 0.5) is 4.79 Å². The summed E-state index contributed by atoms with van der Waals surface area (Å²) < 4.78 is 9.99. The average molecular weight is 246 g/mol. The maximum absolute atomic E-state index is 11.0. The molecule has 1 unspecified atom stereocenters. The van der Waals surface area contributed by atoms with E-state index in [2.05, 4.69) is 4.74 Å². The SMILES string of the molecule is COC(=O)CN(C)CC1CN(C(=O)O)CCO1. The van der Waals surface area contributed by atoms with Crippen LogP contribution in [0.15, 0.2) is 0 Å². The molecule has 0 aliphatic carbocycles. The standard InChI is InChI=1S/C10H18N2O5/c1-11(7-9(13)16-2)5-8-6-12(10(14)15)3-4-17-8/h8H,3-7H2,1-2H3,(H,14,15). The number of carboxylic acid groups (broad SMARTS) is 1. The second-order valence-electron chi connectivity index (χ2n) is 3.99. The number of hydrogen-bond donors (Lipinski definition) is 1. The second kappa shape index (κ2) is 6.41. The molecule has 1 fully saturated rings. The van der Waals surface area contributed by atoms with Gasteiger partial charge >= 0.3 is 12.1 Å². The smallest absolute Gasteiger partial charge is 0.407 e. The number of carbonyl (C=O) groups is 2. The van der Waals surface area contributed by atoms with Crippen LogP contribution in [-0.2, 0) is 14.3 Å². The van der Waals surface area contributed by atoms with Gasteiger partial charge in [0, 0.05) is 13.1 Å². The number of carbonyl (C=O) groups excluding carboxylic acids is 1. The minimum Gasteiger partial charge on any atom is -0.468 e. The van der Waals surface area contributed by atoms with E-state index in [1.807, 2.05) is 0 Å². The van der Waals surface area contributed by atoms with Crippen molar-refractivity contribution >= 4 is 12.1 Å². The third-order valence-corrected chi connectivity index (χ3v) is 2.55. The summed E-state index contributed by atoms with van der Waals surface area (Å²) in [5, 5.41) is 8.86. The molecule has 1 amide bonds. The van der Waals surface area contributed by atoms with Gasteiger partial charge in [0.15, 0.2) is 0 Å². The van der Waals surface area contributed by atoms with E-state index in [-0.39, 0.29) is 18.6 Å². The van der Waals surface area contributed by atoms with Gasteiger partial charge in [0.2, 0.25) is 0 Å². The van der Waals surface area contributed by atoms with Crippen LogP contribution < -0.4 is 0 Å². The number of ether oxygens (including phenoxy) is 2. The molecule has 1 atom stereocenters. The fraction of sp³-hybridized carbons (Fsp3) is 0.800. The Morgan fingerprint density at radius 2 is 2.29 bits per heavy atom. The van der Waals surface area contributed by atoms with Crippen LogP contribution >= 0.6 is 0 Å². The summed E-state index contributed by atoms with van der Waals surface area (Å²) in [6.07, 6.45) is -1.14. The number of morpholine rings is 1. The van der Waals surface area contributed by atoms with Crippen molar-refractivity contribution in [3.63, 3.8) is 0 Å². The highest BCUT2D eigenvalue weighted by atomic mass is 16.5. The van der Waals surface area contributed by atoms with E-state index in [0.29, 0.717) is 26.2 Å². The first kappa shape index (κ1) is 13.7. The molecule has 1 aliphatic heterocycles. The Kier molecular flexibility index (Phi) is 5.17. The van der Waals surface area contributed by atoms with Crippen LogP contribution in [0, 0.1) is 0 Å². The molecule has 1 aliphatic rings. The first-order chi connectivity index (χ1) is 8.02. The molecule has 1 rings (SSSR count). The van der Waals surface area contributed by atoms with Crippen LogP contribution in [0.5, 0.6) is 0 Å². The van der Waals surface area contributed by atoms with Gasteiger partial charge in [0.25, 0.3) is 0 Å². The van der Waals surface area contributed by atoms with Gasteiger partial charge in [-0.1, -0.05) is 0 Å². The molecular weight excluding hydrogens is 228 g/mol. The minimum atomic E-state index is -0.936. The zero-order chi connectivity index (χ0) is 12.8. The van der Waals surface area contributed by atoms with Gasteiger partial charge in [-0.2, -0.15) is 0 Å². The zero-order valence-corrected chi connectivity index (χ0v) is 10.1. The van der Waals surface area contributed by atoms with Crippen LogP contribution in [0.2, 0.25) is 0 Å². The first-order valence-corrected chi connectivity index (χ1v) is 5.37. The number of methoxy groups -OCH3 is 1. The van der Waals surface area contributed by atoms with Crippen molar-refractivity contribution in [3.05, 3.63) is 0 Å². The number of hydrogen-bond acceptors (Lipinski definition) is 5. The van der Waals surface area contributed by atoms with E-state index in [1.165, 1.54) is 12.0 Å². The van der Waals surface area contributed by atoms with Crippen molar-refractivity contribution in [2.75, 3.05) is 46.9 Å². The molecule has 0 aromatic carbocycles. The van der Waals surface area contributed by atoms with Crippen LogP contribution in [0.3, 0.4) is 0 Å². The lowest BCUT2D eigenvalue weighted by Crippen LogP contribution is -2.49. The van der Waals surface area contributed by atoms with E-state index < -0.39 is 6.09 Å². The second-order valence-corrected chi connectivity index (χ2v) is 3.99. The van der Waals surface area contributed by atoms with E-state index in [1.54, 1.807) is 11.9 Å². The molecule has 0 aromatic rings. The Morgan fingerprint density at radius 1 is 1.59 bits per heavy atom. The van der Waals surface area contributed by atoms with Gasteiger partial charge in [0.1, 0.15) is 0 Å². The Labute approximate surface area is 99.9 Å². The maximum Gasteiger partial charge on any atom is 0.407 e.